The zero-order chi connectivity index (χ0) is 7.68. The van der Waals surface area contributed by atoms with Gasteiger partial charge in [-0.25, -0.2) is 0 Å². The second-order valence-electron chi connectivity index (χ2n) is 3.19. The average Bonchev–Trinajstić information content (AvgIpc) is 2.72. The molecule has 3 heteroatoms. The fourth-order valence-corrected chi connectivity index (χ4v) is 1.20. The Kier molecular flexibility index (Phi) is 1.56. The molecule has 0 saturated heterocycles. The fourth-order valence-electron chi connectivity index (χ4n) is 1.20. The molecule has 1 heterocycles. The van der Waals surface area contributed by atoms with E-state index in [0.717, 1.165) is 12.5 Å². The van der Waals surface area contributed by atoms with Crippen LogP contribution in [0.4, 0.5) is 0 Å². The molecule has 11 heavy (non-hydrogen) atoms. The summed E-state index contributed by atoms with van der Waals surface area (Å²) >= 11 is 0. The van der Waals surface area contributed by atoms with Crippen LogP contribution in [0, 0.1) is 5.92 Å². The summed E-state index contributed by atoms with van der Waals surface area (Å²) in [5.74, 6) is 1.20. The van der Waals surface area contributed by atoms with E-state index in [9.17, 15) is 0 Å². The molecule has 1 aromatic heterocycles. The molecule has 0 aliphatic heterocycles. The Bertz CT molecular complexity index is 240. The Labute approximate surface area is 65.7 Å². The van der Waals surface area contributed by atoms with Crippen molar-refractivity contribution in [1.82, 2.24) is 9.78 Å². The maximum atomic E-state index is 8.95. The van der Waals surface area contributed by atoms with Gasteiger partial charge in [0.1, 0.15) is 0 Å². The minimum atomic E-state index is 0.265. The third-order valence-electron chi connectivity index (χ3n) is 2.08. The van der Waals surface area contributed by atoms with Gasteiger partial charge in [-0.05, 0) is 12.3 Å². The van der Waals surface area contributed by atoms with E-state index >= 15 is 0 Å². The highest BCUT2D eigenvalue weighted by molar-refractivity contribution is 5.08. The highest BCUT2D eigenvalue weighted by atomic mass is 16.3. The number of rotatable bonds is 3. The third kappa shape index (κ3) is 1.73. The van der Waals surface area contributed by atoms with Gasteiger partial charge in [0.2, 0.25) is 0 Å². The standard InChI is InChI=1S/C8H12N2O/c11-8-5-9-10(6-8)4-3-7-1-2-7/h5-7,11H,1-4H2. The molecule has 1 aromatic rings. The van der Waals surface area contributed by atoms with E-state index in [2.05, 4.69) is 5.10 Å². The zero-order valence-corrected chi connectivity index (χ0v) is 6.40. The molecule has 1 aliphatic carbocycles. The molecule has 60 valence electrons. The highest BCUT2D eigenvalue weighted by Gasteiger charge is 2.20. The van der Waals surface area contributed by atoms with Crippen LogP contribution < -0.4 is 0 Å². The van der Waals surface area contributed by atoms with Gasteiger partial charge < -0.3 is 5.11 Å². The summed E-state index contributed by atoms with van der Waals surface area (Å²) in [5, 5.41) is 12.9. The second kappa shape index (κ2) is 2.57. The molecule has 1 fully saturated rings. The van der Waals surface area contributed by atoms with E-state index in [1.54, 1.807) is 10.9 Å². The molecule has 1 N–H and O–H groups in total. The minimum absolute atomic E-state index is 0.265. The lowest BCUT2D eigenvalue weighted by Crippen LogP contribution is -1.98. The molecule has 0 bridgehead atoms. The Morgan fingerprint density at radius 3 is 3.00 bits per heavy atom. The summed E-state index contributed by atoms with van der Waals surface area (Å²) in [4.78, 5) is 0. The molecule has 1 saturated carbocycles. The van der Waals surface area contributed by atoms with E-state index in [1.807, 2.05) is 0 Å². The maximum absolute atomic E-state index is 8.95. The van der Waals surface area contributed by atoms with Crippen molar-refractivity contribution >= 4 is 0 Å². The molecule has 0 spiro atoms. The van der Waals surface area contributed by atoms with Crippen molar-refractivity contribution < 1.29 is 5.11 Å². The smallest absolute Gasteiger partial charge is 0.153 e. The van der Waals surface area contributed by atoms with Crippen LogP contribution in [0.2, 0.25) is 0 Å². The third-order valence-corrected chi connectivity index (χ3v) is 2.08. The number of nitrogens with zero attached hydrogens (tertiary/aromatic N) is 2. The van der Waals surface area contributed by atoms with Gasteiger partial charge >= 0.3 is 0 Å². The average molecular weight is 152 g/mol. The molecule has 2 rings (SSSR count). The van der Waals surface area contributed by atoms with E-state index in [-0.39, 0.29) is 5.75 Å². The van der Waals surface area contributed by atoms with Gasteiger partial charge in [0.25, 0.3) is 0 Å². The first-order valence-electron chi connectivity index (χ1n) is 4.06. The van der Waals surface area contributed by atoms with Crippen LogP contribution in [0.1, 0.15) is 19.3 Å². The first-order chi connectivity index (χ1) is 5.34. The first kappa shape index (κ1) is 6.70. The Balaban J connectivity index is 1.85. The SMILES string of the molecule is Oc1cnn(CCC2CC2)c1. The number of aromatic hydroxyl groups is 1. The van der Waals surface area contributed by atoms with E-state index < -0.39 is 0 Å². The monoisotopic (exact) mass is 152 g/mol. The zero-order valence-electron chi connectivity index (χ0n) is 6.40. The lowest BCUT2D eigenvalue weighted by molar-refractivity contribution is 0.472. The predicted octanol–water partition coefficient (Wildman–Crippen LogP) is 1.39. The number of hydrogen-bond acceptors (Lipinski definition) is 2. The number of hydrogen-bond donors (Lipinski definition) is 1. The van der Waals surface area contributed by atoms with Crippen molar-refractivity contribution in [2.45, 2.75) is 25.8 Å². The van der Waals surface area contributed by atoms with Gasteiger partial charge in [-0.3, -0.25) is 4.68 Å². The molecule has 0 aromatic carbocycles. The molecule has 1 aliphatic rings. The summed E-state index contributed by atoms with van der Waals surface area (Å²) < 4.78 is 1.80. The summed E-state index contributed by atoms with van der Waals surface area (Å²) in [6.07, 6.45) is 7.12. The van der Waals surface area contributed by atoms with Gasteiger partial charge in [-0.2, -0.15) is 5.10 Å². The van der Waals surface area contributed by atoms with Gasteiger partial charge in [0.15, 0.2) is 5.75 Å². The fraction of sp³-hybridized carbons (Fsp3) is 0.625. The molecular weight excluding hydrogens is 140 g/mol. The molecule has 0 atom stereocenters. The topological polar surface area (TPSA) is 38.1 Å². The van der Waals surface area contributed by atoms with Crippen molar-refractivity contribution in [3.05, 3.63) is 12.4 Å². The van der Waals surface area contributed by atoms with Gasteiger partial charge in [0.05, 0.1) is 12.4 Å². The van der Waals surface area contributed by atoms with Crippen molar-refractivity contribution in [2.75, 3.05) is 0 Å². The Morgan fingerprint density at radius 2 is 2.45 bits per heavy atom. The van der Waals surface area contributed by atoms with Crippen LogP contribution in [0.15, 0.2) is 12.4 Å². The summed E-state index contributed by atoms with van der Waals surface area (Å²) in [7, 11) is 0. The predicted molar refractivity (Wildman–Crippen MR) is 41.2 cm³/mol. The van der Waals surface area contributed by atoms with Crippen LogP contribution in [-0.2, 0) is 6.54 Å². The van der Waals surface area contributed by atoms with Crippen molar-refractivity contribution in [1.29, 1.82) is 0 Å². The first-order valence-corrected chi connectivity index (χ1v) is 4.06. The van der Waals surface area contributed by atoms with Gasteiger partial charge in [-0.1, -0.05) is 12.8 Å². The van der Waals surface area contributed by atoms with E-state index in [1.165, 1.54) is 25.5 Å². The van der Waals surface area contributed by atoms with Crippen molar-refractivity contribution in [3.8, 4) is 5.75 Å². The van der Waals surface area contributed by atoms with E-state index in [0.29, 0.717) is 0 Å². The lowest BCUT2D eigenvalue weighted by atomic mass is 10.3. The Hall–Kier alpha value is -0.990. The summed E-state index contributed by atoms with van der Waals surface area (Å²) in [6.45, 7) is 0.950. The molecule has 0 unspecified atom stereocenters. The van der Waals surface area contributed by atoms with E-state index in [4.69, 9.17) is 5.11 Å². The number of aromatic nitrogens is 2. The van der Waals surface area contributed by atoms with Crippen LogP contribution in [0.5, 0.6) is 5.75 Å². The maximum Gasteiger partial charge on any atom is 0.153 e. The molecular formula is C8H12N2O. The summed E-state index contributed by atoms with van der Waals surface area (Å²) in [6, 6.07) is 0. The van der Waals surface area contributed by atoms with Crippen molar-refractivity contribution in [2.24, 2.45) is 5.92 Å². The van der Waals surface area contributed by atoms with Crippen LogP contribution >= 0.6 is 0 Å². The van der Waals surface area contributed by atoms with Crippen LogP contribution in [0.25, 0.3) is 0 Å². The molecule has 0 amide bonds. The van der Waals surface area contributed by atoms with Gasteiger partial charge in [-0.15, -0.1) is 0 Å². The molecule has 3 nitrogen and oxygen atoms in total. The lowest BCUT2D eigenvalue weighted by Gasteiger charge is -1.97. The largest absolute Gasteiger partial charge is 0.505 e. The number of aryl methyl sites for hydroxylation is 1. The minimum Gasteiger partial charge on any atom is -0.505 e. The summed E-state index contributed by atoms with van der Waals surface area (Å²) in [5.41, 5.74) is 0. The van der Waals surface area contributed by atoms with Crippen molar-refractivity contribution in [3.63, 3.8) is 0 Å². The molecule has 0 radical (unpaired) electrons. The van der Waals surface area contributed by atoms with Gasteiger partial charge in [0, 0.05) is 6.54 Å². The van der Waals surface area contributed by atoms with Crippen LogP contribution in [-0.4, -0.2) is 14.9 Å². The highest BCUT2D eigenvalue weighted by Crippen LogP contribution is 2.32. The van der Waals surface area contributed by atoms with Crippen LogP contribution in [0.3, 0.4) is 0 Å². The second-order valence-corrected chi connectivity index (χ2v) is 3.19. The quantitative estimate of drug-likeness (QED) is 0.710. The Morgan fingerprint density at radius 1 is 1.64 bits per heavy atom. The normalized spacial score (nSPS) is 17.1.